The Morgan fingerprint density at radius 2 is 0.491 bits per heavy atom. The molecule has 26 aromatic rings. The van der Waals surface area contributed by atoms with Gasteiger partial charge in [-0.1, -0.05) is 212 Å². The van der Waals surface area contributed by atoms with Crippen LogP contribution in [-0.4, -0.2) is 28.7 Å². The number of hydrogen-bond acceptors (Lipinski definition) is 6. The van der Waals surface area contributed by atoms with E-state index in [1.807, 2.05) is 71.2 Å². The lowest BCUT2D eigenvalue weighted by Gasteiger charge is -2.12. The van der Waals surface area contributed by atoms with Gasteiger partial charge in [-0.3, -0.25) is 15.0 Å². The van der Waals surface area contributed by atoms with Crippen molar-refractivity contribution in [2.75, 3.05) is 0 Å². The van der Waals surface area contributed by atoms with Gasteiger partial charge in [0.1, 0.15) is 0 Å². The van der Waals surface area contributed by atoms with Crippen LogP contribution in [0.5, 0.6) is 0 Å². The van der Waals surface area contributed by atoms with E-state index in [1.54, 1.807) is 0 Å². The number of para-hydroxylation sites is 3. The van der Waals surface area contributed by atoms with Gasteiger partial charge < -0.3 is 13.7 Å². The summed E-state index contributed by atoms with van der Waals surface area (Å²) in [5, 5.41) is 35.7. The first-order valence-electron chi connectivity index (χ1n) is 37.2. The Kier molecular flexibility index (Phi) is 13.4. The highest BCUT2D eigenvalue weighted by molar-refractivity contribution is 7.28. The topological polar surface area (TPSA) is 53.5 Å². The van der Waals surface area contributed by atoms with Gasteiger partial charge >= 0.3 is 0 Å². The van der Waals surface area contributed by atoms with E-state index in [0.717, 1.165) is 0 Å². The Hall–Kier alpha value is -13.7. The molecule has 0 aliphatic carbocycles. The molecule has 26 rings (SSSR count). The van der Waals surface area contributed by atoms with Crippen LogP contribution in [0.2, 0.25) is 0 Å². The van der Waals surface area contributed by atoms with Crippen molar-refractivity contribution >= 4 is 246 Å². The molecule has 9 heterocycles. The number of thiophene rings is 3. The molecule has 0 spiro atoms. The molecule has 0 aliphatic heterocycles. The second-order valence-electron chi connectivity index (χ2n) is 28.9. The number of nitrogens with zero attached hydrogens (tertiary/aromatic N) is 6. The number of hydrogen-bond donors (Lipinski definition) is 0. The van der Waals surface area contributed by atoms with E-state index in [9.17, 15) is 0 Å². The predicted octanol–water partition coefficient (Wildman–Crippen LogP) is 28.9. The standard InChI is InChI=1S/2C35H20N2S.C31H18N2S/c1-2-8-22-18-24-19-25(14-13-23(24)17-21(22)7-1)37-30-11-5-3-9-27(30)32-26-15-16-36-20-29(26)35-33(34(32)37)28-10-4-6-12-31(28)38-35;1-2-8-24-21(7-1)13-14-22-15-16-23(19-28(22)24)37-30-11-5-3-9-26(30)32-25-17-18-36-20-29(25)35-33(34(32)37)27-10-4-6-12-31(27)38-35;1-2-8-20-17-21(14-13-19(20)7-1)33-26-11-5-3-9-23(26)28-22-15-16-32-18-25(22)31-29(30(28)33)24-10-4-6-12-27(24)34-31/h2*1-20H;1-18H. The van der Waals surface area contributed by atoms with Crippen molar-refractivity contribution in [3.8, 4) is 17.1 Å². The minimum atomic E-state index is 1.18. The lowest BCUT2D eigenvalue weighted by Crippen LogP contribution is -1.95. The molecule has 9 aromatic heterocycles. The second-order valence-corrected chi connectivity index (χ2v) is 32.0. The van der Waals surface area contributed by atoms with E-state index in [4.69, 9.17) is 0 Å². The van der Waals surface area contributed by atoms with E-state index in [-0.39, 0.29) is 0 Å². The Labute approximate surface area is 639 Å². The van der Waals surface area contributed by atoms with Crippen molar-refractivity contribution in [2.45, 2.75) is 0 Å². The number of rotatable bonds is 3. The fourth-order valence-electron chi connectivity index (χ4n) is 18.4. The maximum Gasteiger partial charge on any atom is 0.0640 e. The first-order valence-corrected chi connectivity index (χ1v) is 39.7. The van der Waals surface area contributed by atoms with Crippen LogP contribution in [0.25, 0.3) is 229 Å². The van der Waals surface area contributed by atoms with Crippen molar-refractivity contribution < 1.29 is 0 Å². The molecule has 6 nitrogen and oxygen atoms in total. The first kappa shape index (κ1) is 61.5. The predicted molar refractivity (Wildman–Crippen MR) is 474 cm³/mol. The molecule has 0 saturated carbocycles. The summed E-state index contributed by atoms with van der Waals surface area (Å²) in [4.78, 5) is 13.6. The minimum absolute atomic E-state index is 1.18. The highest BCUT2D eigenvalue weighted by Gasteiger charge is 2.27. The molecule has 0 N–H and O–H groups in total. The molecule has 0 radical (unpaired) electrons. The molecule has 510 valence electrons. The molecule has 9 heteroatoms. The second kappa shape index (κ2) is 23.9. The fraction of sp³-hybridized carbons (Fsp3) is 0. The van der Waals surface area contributed by atoms with Crippen LogP contribution in [0.15, 0.2) is 353 Å². The quantitative estimate of drug-likeness (QED) is 0.131. The molecule has 0 unspecified atom stereocenters. The van der Waals surface area contributed by atoms with Crippen molar-refractivity contribution in [3.05, 3.63) is 353 Å². The largest absolute Gasteiger partial charge is 0.309 e. The van der Waals surface area contributed by atoms with Gasteiger partial charge in [-0.15, -0.1) is 34.0 Å². The molecule has 0 fully saturated rings. The van der Waals surface area contributed by atoms with Gasteiger partial charge in [-0.2, -0.15) is 0 Å². The zero-order valence-electron chi connectivity index (χ0n) is 58.9. The molecular formula is C101H58N6S3. The Balaban J connectivity index is 0.0000000967. The van der Waals surface area contributed by atoms with Crippen LogP contribution in [0.4, 0.5) is 0 Å². The van der Waals surface area contributed by atoms with Crippen LogP contribution in [0.3, 0.4) is 0 Å². The lowest BCUT2D eigenvalue weighted by molar-refractivity contribution is 1.19. The normalized spacial score (nSPS) is 12.2. The number of pyridine rings is 3. The van der Waals surface area contributed by atoms with Crippen molar-refractivity contribution in [3.63, 3.8) is 0 Å². The first-order chi connectivity index (χ1) is 54.6. The molecule has 0 aliphatic rings. The van der Waals surface area contributed by atoms with Gasteiger partial charge in [0, 0.05) is 163 Å². The monoisotopic (exact) mass is 1450 g/mol. The van der Waals surface area contributed by atoms with Gasteiger partial charge in [0.15, 0.2) is 0 Å². The maximum absolute atomic E-state index is 4.55. The molecule has 0 saturated heterocycles. The van der Waals surface area contributed by atoms with Crippen molar-refractivity contribution in [2.24, 2.45) is 0 Å². The summed E-state index contributed by atoms with van der Waals surface area (Å²) < 4.78 is 15.3. The number of fused-ring (bicyclic) bond motifs is 36. The third-order valence-electron chi connectivity index (χ3n) is 23.1. The van der Waals surface area contributed by atoms with Gasteiger partial charge in [0.05, 0.1) is 33.1 Å². The Morgan fingerprint density at radius 1 is 0.191 bits per heavy atom. The molecule has 0 amide bonds. The Morgan fingerprint density at radius 3 is 0.936 bits per heavy atom. The van der Waals surface area contributed by atoms with Gasteiger partial charge in [-0.25, -0.2) is 0 Å². The van der Waals surface area contributed by atoms with Gasteiger partial charge in [0.2, 0.25) is 0 Å². The van der Waals surface area contributed by atoms with Crippen molar-refractivity contribution in [1.82, 2.24) is 28.7 Å². The van der Waals surface area contributed by atoms with E-state index in [1.165, 1.54) is 229 Å². The highest BCUT2D eigenvalue weighted by atomic mass is 32.1. The van der Waals surface area contributed by atoms with Crippen LogP contribution in [-0.2, 0) is 0 Å². The van der Waals surface area contributed by atoms with E-state index in [2.05, 4.69) is 344 Å². The van der Waals surface area contributed by atoms with Gasteiger partial charge in [-0.05, 0) is 173 Å². The van der Waals surface area contributed by atoms with E-state index in [0.29, 0.717) is 0 Å². The zero-order valence-corrected chi connectivity index (χ0v) is 61.3. The summed E-state index contributed by atoms with van der Waals surface area (Å²) in [5.74, 6) is 0. The molecule has 0 bridgehead atoms. The summed E-state index contributed by atoms with van der Waals surface area (Å²) in [7, 11) is 0. The minimum Gasteiger partial charge on any atom is -0.309 e. The van der Waals surface area contributed by atoms with Crippen LogP contribution in [0.1, 0.15) is 0 Å². The van der Waals surface area contributed by atoms with Crippen LogP contribution in [0, 0.1) is 0 Å². The highest BCUT2D eigenvalue weighted by Crippen LogP contribution is 2.52. The van der Waals surface area contributed by atoms with E-state index >= 15 is 0 Å². The molecule has 17 aromatic carbocycles. The smallest absolute Gasteiger partial charge is 0.0640 e. The molecular weight excluding hydrogens is 1390 g/mol. The summed E-state index contributed by atoms with van der Waals surface area (Å²) in [6.45, 7) is 0. The maximum atomic E-state index is 4.55. The van der Waals surface area contributed by atoms with Crippen LogP contribution < -0.4 is 0 Å². The van der Waals surface area contributed by atoms with Crippen LogP contribution >= 0.6 is 34.0 Å². The third kappa shape index (κ3) is 8.99. The number of aromatic nitrogens is 6. The summed E-state index contributed by atoms with van der Waals surface area (Å²) >= 11 is 5.61. The van der Waals surface area contributed by atoms with Gasteiger partial charge in [0.25, 0.3) is 0 Å². The summed E-state index contributed by atoms with van der Waals surface area (Å²) in [6.07, 6.45) is 11.9. The number of benzene rings is 17. The Bertz CT molecular complexity index is 8450. The van der Waals surface area contributed by atoms with Crippen molar-refractivity contribution in [1.29, 1.82) is 0 Å². The fourth-order valence-corrected chi connectivity index (χ4v) is 22.0. The van der Waals surface area contributed by atoms with E-state index < -0.39 is 0 Å². The SMILES string of the molecule is c1ccc2c(c1)ccc1ccc(-n3c4ccccc4c4c5ccncc5c5sc6ccccc6c5c43)cc12.c1ccc2cc(-n3c4ccccc4c4c5ccncc5c5sc6ccccc6c5c43)ccc2c1.c1ccc2cc3cc(-n4c5ccccc5c5c6ccncc6c6sc7ccccc7c6c54)ccc3cc2c1. The average Bonchev–Trinajstić information content (AvgIpc) is 1.55. The molecule has 110 heavy (non-hydrogen) atoms. The lowest BCUT2D eigenvalue weighted by atomic mass is 10.0. The summed E-state index contributed by atoms with van der Waals surface area (Å²) in [6, 6.07) is 115. The zero-order chi connectivity index (χ0) is 71.8. The summed E-state index contributed by atoms with van der Waals surface area (Å²) in [5.41, 5.74) is 11.1. The average molecular weight is 1450 g/mol. The third-order valence-corrected chi connectivity index (χ3v) is 26.7. The molecule has 0 atom stereocenters.